The average Bonchev–Trinajstić information content (AvgIpc) is 2.54. The summed E-state index contributed by atoms with van der Waals surface area (Å²) in [4.78, 5) is 14.4. The molecule has 0 aromatic heterocycles. The van der Waals surface area contributed by atoms with Crippen LogP contribution in [0.4, 0.5) is 0 Å². The number of hydrogen-bond donors (Lipinski definition) is 0. The van der Waals surface area contributed by atoms with Gasteiger partial charge in [-0.15, -0.1) is 0 Å². The zero-order valence-electron chi connectivity index (χ0n) is 12.7. The minimum atomic E-state index is -0.0344. The van der Waals surface area contributed by atoms with Crippen molar-refractivity contribution in [1.82, 2.24) is 4.90 Å². The van der Waals surface area contributed by atoms with Gasteiger partial charge in [-0.25, -0.2) is 0 Å². The highest BCUT2D eigenvalue weighted by Gasteiger charge is 2.32. The predicted molar refractivity (Wildman–Crippen MR) is 80.4 cm³/mol. The molecule has 1 aliphatic heterocycles. The first-order chi connectivity index (χ1) is 10.2. The standard InChI is InChI=1S/C17H22N2O2/c1-3-16-15(8-5-9-21-16)17(20)19(2)12-14-7-4-6-13(10-14)11-18/h4,6-7,10,15-16H,3,5,8-9,12H2,1-2H3/t15-,16-/m1/s1. The Morgan fingerprint density at radius 2 is 2.33 bits per heavy atom. The second-order valence-electron chi connectivity index (χ2n) is 5.57. The lowest BCUT2D eigenvalue weighted by Gasteiger charge is -2.33. The predicted octanol–water partition coefficient (Wildman–Crippen LogP) is 2.72. The van der Waals surface area contributed by atoms with Crippen LogP contribution < -0.4 is 0 Å². The third kappa shape index (κ3) is 3.83. The Hall–Kier alpha value is -1.86. The van der Waals surface area contributed by atoms with Gasteiger partial charge in [0.2, 0.25) is 5.91 Å². The number of ether oxygens (including phenoxy) is 1. The van der Waals surface area contributed by atoms with E-state index in [2.05, 4.69) is 13.0 Å². The number of nitriles is 1. The Balaban J connectivity index is 2.03. The average molecular weight is 286 g/mol. The number of hydrogen-bond acceptors (Lipinski definition) is 3. The molecule has 2 atom stereocenters. The highest BCUT2D eigenvalue weighted by Crippen LogP contribution is 2.25. The maximum Gasteiger partial charge on any atom is 0.228 e. The first kappa shape index (κ1) is 15.5. The number of carbonyl (C=O) groups excluding carboxylic acids is 1. The van der Waals surface area contributed by atoms with E-state index in [1.165, 1.54) is 0 Å². The van der Waals surface area contributed by atoms with Crippen LogP contribution in [-0.2, 0) is 16.1 Å². The Morgan fingerprint density at radius 3 is 3.05 bits per heavy atom. The van der Waals surface area contributed by atoms with Crippen LogP contribution >= 0.6 is 0 Å². The van der Waals surface area contributed by atoms with E-state index in [4.69, 9.17) is 10.00 Å². The van der Waals surface area contributed by atoms with Crippen LogP contribution in [-0.4, -0.2) is 30.6 Å². The van der Waals surface area contributed by atoms with E-state index in [1.54, 1.807) is 11.0 Å². The van der Waals surface area contributed by atoms with Gasteiger partial charge in [-0.3, -0.25) is 4.79 Å². The Morgan fingerprint density at radius 1 is 1.52 bits per heavy atom. The van der Waals surface area contributed by atoms with E-state index >= 15 is 0 Å². The van der Waals surface area contributed by atoms with E-state index in [-0.39, 0.29) is 17.9 Å². The number of amides is 1. The SMILES string of the molecule is CC[C@H]1OCCC[C@H]1C(=O)N(C)Cc1cccc(C#N)c1. The van der Waals surface area contributed by atoms with Crippen LogP contribution in [0, 0.1) is 17.2 Å². The maximum absolute atomic E-state index is 12.6. The molecule has 1 amide bonds. The minimum Gasteiger partial charge on any atom is -0.377 e. The van der Waals surface area contributed by atoms with Crippen LogP contribution in [0.25, 0.3) is 0 Å². The molecule has 1 saturated heterocycles. The Bertz CT molecular complexity index is 536. The second kappa shape index (κ2) is 7.24. The molecule has 1 aromatic carbocycles. The van der Waals surface area contributed by atoms with Crippen LogP contribution in [0.5, 0.6) is 0 Å². The van der Waals surface area contributed by atoms with E-state index in [1.807, 2.05) is 25.2 Å². The van der Waals surface area contributed by atoms with Gasteiger partial charge in [0.25, 0.3) is 0 Å². The molecule has 0 saturated carbocycles. The molecule has 4 heteroatoms. The fraction of sp³-hybridized carbons (Fsp3) is 0.529. The summed E-state index contributed by atoms with van der Waals surface area (Å²) in [5, 5.41) is 8.93. The molecule has 0 aliphatic carbocycles. The van der Waals surface area contributed by atoms with Gasteiger partial charge in [0, 0.05) is 20.2 Å². The molecule has 4 nitrogen and oxygen atoms in total. The molecule has 21 heavy (non-hydrogen) atoms. The summed E-state index contributed by atoms with van der Waals surface area (Å²) in [5.41, 5.74) is 1.61. The van der Waals surface area contributed by atoms with Crippen molar-refractivity contribution in [1.29, 1.82) is 5.26 Å². The summed E-state index contributed by atoms with van der Waals surface area (Å²) in [6.07, 6.45) is 2.76. The zero-order chi connectivity index (χ0) is 15.2. The van der Waals surface area contributed by atoms with Crippen molar-refractivity contribution in [2.75, 3.05) is 13.7 Å². The lowest BCUT2D eigenvalue weighted by atomic mass is 9.91. The number of nitrogens with zero attached hydrogens (tertiary/aromatic N) is 2. The van der Waals surface area contributed by atoms with E-state index in [0.29, 0.717) is 12.1 Å². The normalized spacial score (nSPS) is 21.6. The van der Waals surface area contributed by atoms with Gasteiger partial charge in [-0.2, -0.15) is 5.26 Å². The molecular weight excluding hydrogens is 264 g/mol. The quantitative estimate of drug-likeness (QED) is 0.855. The Labute approximate surface area is 126 Å². The smallest absolute Gasteiger partial charge is 0.228 e. The highest BCUT2D eigenvalue weighted by atomic mass is 16.5. The van der Waals surface area contributed by atoms with Crippen molar-refractivity contribution in [3.8, 4) is 6.07 Å². The topological polar surface area (TPSA) is 53.3 Å². The van der Waals surface area contributed by atoms with Crippen LogP contribution in [0.15, 0.2) is 24.3 Å². The molecule has 1 heterocycles. The lowest BCUT2D eigenvalue weighted by Crippen LogP contribution is -2.41. The molecule has 0 unspecified atom stereocenters. The van der Waals surface area contributed by atoms with Crippen molar-refractivity contribution in [3.63, 3.8) is 0 Å². The lowest BCUT2D eigenvalue weighted by molar-refractivity contribution is -0.144. The van der Waals surface area contributed by atoms with Crippen LogP contribution in [0.3, 0.4) is 0 Å². The number of carbonyl (C=O) groups is 1. The molecule has 0 N–H and O–H groups in total. The third-order valence-corrected chi connectivity index (χ3v) is 4.01. The first-order valence-electron chi connectivity index (χ1n) is 7.51. The molecule has 1 aliphatic rings. The largest absolute Gasteiger partial charge is 0.377 e. The first-order valence-corrected chi connectivity index (χ1v) is 7.51. The van der Waals surface area contributed by atoms with Crippen molar-refractivity contribution >= 4 is 5.91 Å². The van der Waals surface area contributed by atoms with Gasteiger partial charge in [0.05, 0.1) is 23.7 Å². The van der Waals surface area contributed by atoms with Gasteiger partial charge < -0.3 is 9.64 Å². The summed E-state index contributed by atoms with van der Waals surface area (Å²) in [6, 6.07) is 9.52. The molecule has 1 aromatic rings. The van der Waals surface area contributed by atoms with Crippen LogP contribution in [0.1, 0.15) is 37.3 Å². The van der Waals surface area contributed by atoms with Crippen molar-refractivity contribution in [2.45, 2.75) is 38.8 Å². The van der Waals surface area contributed by atoms with Gasteiger partial charge in [0.15, 0.2) is 0 Å². The van der Waals surface area contributed by atoms with Gasteiger partial charge in [0.1, 0.15) is 0 Å². The van der Waals surface area contributed by atoms with Crippen LogP contribution in [0.2, 0.25) is 0 Å². The van der Waals surface area contributed by atoms with Gasteiger partial charge in [-0.05, 0) is 37.0 Å². The maximum atomic E-state index is 12.6. The molecule has 112 valence electrons. The summed E-state index contributed by atoms with van der Waals surface area (Å²) in [7, 11) is 1.82. The van der Waals surface area contributed by atoms with Crippen molar-refractivity contribution in [3.05, 3.63) is 35.4 Å². The molecule has 2 rings (SSSR count). The second-order valence-corrected chi connectivity index (χ2v) is 5.57. The van der Waals surface area contributed by atoms with E-state index in [9.17, 15) is 4.79 Å². The molecule has 0 spiro atoms. The van der Waals surface area contributed by atoms with E-state index < -0.39 is 0 Å². The van der Waals surface area contributed by atoms with Gasteiger partial charge >= 0.3 is 0 Å². The van der Waals surface area contributed by atoms with Gasteiger partial charge in [-0.1, -0.05) is 19.1 Å². The molecule has 0 bridgehead atoms. The fourth-order valence-corrected chi connectivity index (χ4v) is 2.90. The van der Waals surface area contributed by atoms with Crippen molar-refractivity contribution < 1.29 is 9.53 Å². The molecule has 0 radical (unpaired) electrons. The summed E-state index contributed by atoms with van der Waals surface area (Å²) in [6.45, 7) is 3.35. The molecule has 1 fully saturated rings. The highest BCUT2D eigenvalue weighted by molar-refractivity contribution is 5.79. The summed E-state index contributed by atoms with van der Waals surface area (Å²) >= 11 is 0. The third-order valence-electron chi connectivity index (χ3n) is 4.01. The number of rotatable bonds is 4. The van der Waals surface area contributed by atoms with E-state index in [0.717, 1.165) is 31.4 Å². The number of benzene rings is 1. The van der Waals surface area contributed by atoms with Crippen molar-refractivity contribution in [2.24, 2.45) is 5.92 Å². The summed E-state index contributed by atoms with van der Waals surface area (Å²) in [5.74, 6) is 0.108. The molecular formula is C17H22N2O2. The fourth-order valence-electron chi connectivity index (χ4n) is 2.90. The zero-order valence-corrected chi connectivity index (χ0v) is 12.7. The minimum absolute atomic E-state index is 0.0344. The monoisotopic (exact) mass is 286 g/mol. The Kier molecular flexibility index (Phi) is 5.35. The summed E-state index contributed by atoms with van der Waals surface area (Å²) < 4.78 is 5.71.